The van der Waals surface area contributed by atoms with E-state index < -0.39 is 0 Å². The van der Waals surface area contributed by atoms with Crippen molar-refractivity contribution in [2.45, 2.75) is 45.1 Å². The van der Waals surface area contributed by atoms with Crippen molar-refractivity contribution < 1.29 is 9.53 Å². The monoisotopic (exact) mass is 247 g/mol. The molecule has 1 aromatic rings. The molecule has 3 heteroatoms. The van der Waals surface area contributed by atoms with Crippen LogP contribution in [0.15, 0.2) is 24.3 Å². The largest absolute Gasteiger partial charge is 0.425 e. The van der Waals surface area contributed by atoms with Gasteiger partial charge in [0.15, 0.2) is 0 Å². The smallest absolute Gasteiger partial charge is 0.328 e. The zero-order valence-electron chi connectivity index (χ0n) is 11.3. The Hall–Kier alpha value is -1.35. The molecule has 0 aromatic heterocycles. The molecular weight excluding hydrogens is 226 g/mol. The van der Waals surface area contributed by atoms with Gasteiger partial charge in [0.2, 0.25) is 0 Å². The van der Waals surface area contributed by atoms with Gasteiger partial charge in [-0.3, -0.25) is 0 Å². The van der Waals surface area contributed by atoms with Gasteiger partial charge in [-0.25, -0.2) is 4.79 Å². The molecule has 1 aliphatic rings. The van der Waals surface area contributed by atoms with E-state index in [1.54, 1.807) is 0 Å². The van der Waals surface area contributed by atoms with Gasteiger partial charge < -0.3 is 10.1 Å². The Balaban J connectivity index is 2.00. The molecule has 1 fully saturated rings. The van der Waals surface area contributed by atoms with Crippen molar-refractivity contribution in [2.75, 3.05) is 6.54 Å². The van der Waals surface area contributed by atoms with E-state index in [0.29, 0.717) is 5.75 Å². The van der Waals surface area contributed by atoms with Gasteiger partial charge in [-0.2, -0.15) is 0 Å². The van der Waals surface area contributed by atoms with Crippen LogP contribution in [-0.4, -0.2) is 18.6 Å². The number of esters is 1. The molecule has 1 N–H and O–H groups in total. The van der Waals surface area contributed by atoms with Crippen molar-refractivity contribution in [3.05, 3.63) is 29.8 Å². The number of carbonyl (C=O) groups is 1. The first-order valence-corrected chi connectivity index (χ1v) is 6.52. The standard InChI is InChI=1S/C15H21NO2/c1-15(2,3)11-6-8-12(9-7-11)18-14(17)13-5-4-10-16-13/h6-9,13,16H,4-5,10H2,1-3H3/t13-/m0/s1. The molecule has 1 heterocycles. The van der Waals surface area contributed by atoms with Crippen LogP contribution in [0.25, 0.3) is 0 Å². The van der Waals surface area contributed by atoms with Gasteiger partial charge in [0, 0.05) is 0 Å². The Bertz CT molecular complexity index is 411. The second-order valence-corrected chi connectivity index (χ2v) is 5.84. The normalized spacial score (nSPS) is 19.8. The third-order valence-electron chi connectivity index (χ3n) is 3.28. The predicted molar refractivity (Wildman–Crippen MR) is 71.8 cm³/mol. The van der Waals surface area contributed by atoms with Crippen molar-refractivity contribution in [3.63, 3.8) is 0 Å². The van der Waals surface area contributed by atoms with Crippen LogP contribution in [0.4, 0.5) is 0 Å². The lowest BCUT2D eigenvalue weighted by atomic mass is 9.87. The van der Waals surface area contributed by atoms with Crippen LogP contribution in [0.1, 0.15) is 39.2 Å². The molecule has 0 aliphatic carbocycles. The molecule has 0 spiro atoms. The van der Waals surface area contributed by atoms with Crippen molar-refractivity contribution >= 4 is 5.97 Å². The summed E-state index contributed by atoms with van der Waals surface area (Å²) < 4.78 is 5.36. The minimum Gasteiger partial charge on any atom is -0.425 e. The Morgan fingerprint density at radius 1 is 1.28 bits per heavy atom. The van der Waals surface area contributed by atoms with Crippen LogP contribution >= 0.6 is 0 Å². The van der Waals surface area contributed by atoms with Gasteiger partial charge >= 0.3 is 5.97 Å². The van der Waals surface area contributed by atoms with Crippen molar-refractivity contribution in [1.29, 1.82) is 0 Å². The minimum atomic E-state index is -0.170. The lowest BCUT2D eigenvalue weighted by molar-refractivity contribution is -0.136. The fourth-order valence-corrected chi connectivity index (χ4v) is 2.10. The molecule has 18 heavy (non-hydrogen) atoms. The Morgan fingerprint density at radius 2 is 1.94 bits per heavy atom. The highest BCUT2D eigenvalue weighted by molar-refractivity contribution is 5.78. The summed E-state index contributed by atoms with van der Waals surface area (Å²) in [6.45, 7) is 7.39. The molecule has 1 saturated heterocycles. The molecule has 0 amide bonds. The van der Waals surface area contributed by atoms with Crippen LogP contribution in [0.5, 0.6) is 5.75 Å². The first-order chi connectivity index (χ1) is 8.47. The highest BCUT2D eigenvalue weighted by Gasteiger charge is 2.24. The predicted octanol–water partition coefficient (Wildman–Crippen LogP) is 2.64. The topological polar surface area (TPSA) is 38.3 Å². The van der Waals surface area contributed by atoms with Gasteiger partial charge in [-0.1, -0.05) is 32.9 Å². The number of hydrogen-bond donors (Lipinski definition) is 1. The number of rotatable bonds is 2. The van der Waals surface area contributed by atoms with Gasteiger partial charge in [0.05, 0.1) is 0 Å². The molecule has 98 valence electrons. The Morgan fingerprint density at radius 3 is 2.44 bits per heavy atom. The molecule has 2 rings (SSSR count). The first-order valence-electron chi connectivity index (χ1n) is 6.52. The Labute approximate surface area is 109 Å². The van der Waals surface area contributed by atoms with Crippen LogP contribution in [-0.2, 0) is 10.2 Å². The summed E-state index contributed by atoms with van der Waals surface area (Å²) in [5.74, 6) is 0.456. The maximum atomic E-state index is 11.8. The molecule has 3 nitrogen and oxygen atoms in total. The fourth-order valence-electron chi connectivity index (χ4n) is 2.10. The Kier molecular flexibility index (Phi) is 3.71. The second kappa shape index (κ2) is 5.11. The third-order valence-corrected chi connectivity index (χ3v) is 3.28. The van der Waals surface area contributed by atoms with E-state index in [2.05, 4.69) is 26.1 Å². The van der Waals surface area contributed by atoms with E-state index >= 15 is 0 Å². The van der Waals surface area contributed by atoms with Crippen LogP contribution in [0.2, 0.25) is 0 Å². The van der Waals surface area contributed by atoms with Crippen LogP contribution < -0.4 is 10.1 Å². The van der Waals surface area contributed by atoms with Crippen LogP contribution in [0.3, 0.4) is 0 Å². The summed E-state index contributed by atoms with van der Waals surface area (Å²) in [5.41, 5.74) is 1.36. The highest BCUT2D eigenvalue weighted by Crippen LogP contribution is 2.24. The number of hydrogen-bond acceptors (Lipinski definition) is 3. The second-order valence-electron chi connectivity index (χ2n) is 5.84. The lowest BCUT2D eigenvalue weighted by Gasteiger charge is -2.19. The molecule has 0 radical (unpaired) electrons. The molecule has 0 saturated carbocycles. The van der Waals surface area contributed by atoms with Crippen molar-refractivity contribution in [2.24, 2.45) is 0 Å². The lowest BCUT2D eigenvalue weighted by Crippen LogP contribution is -2.34. The van der Waals surface area contributed by atoms with Gasteiger partial charge in [0.1, 0.15) is 11.8 Å². The maximum Gasteiger partial charge on any atom is 0.328 e. The zero-order chi connectivity index (χ0) is 13.2. The summed E-state index contributed by atoms with van der Waals surface area (Å²) in [6.07, 6.45) is 1.92. The summed E-state index contributed by atoms with van der Waals surface area (Å²) in [7, 11) is 0. The summed E-state index contributed by atoms with van der Waals surface area (Å²) in [4.78, 5) is 11.8. The van der Waals surface area contributed by atoms with Gasteiger partial charge in [-0.15, -0.1) is 0 Å². The number of carbonyl (C=O) groups excluding carboxylic acids is 1. The molecule has 1 atom stereocenters. The number of ether oxygens (including phenoxy) is 1. The average Bonchev–Trinajstić information content (AvgIpc) is 2.82. The summed E-state index contributed by atoms with van der Waals surface area (Å²) in [6, 6.07) is 7.64. The van der Waals surface area contributed by atoms with Gasteiger partial charge in [-0.05, 0) is 42.5 Å². The third kappa shape index (κ3) is 3.10. The summed E-state index contributed by atoms with van der Waals surface area (Å²) in [5, 5.41) is 3.14. The molecule has 0 unspecified atom stereocenters. The highest BCUT2D eigenvalue weighted by atomic mass is 16.5. The van der Waals surface area contributed by atoms with E-state index in [-0.39, 0.29) is 17.4 Å². The van der Waals surface area contributed by atoms with E-state index in [1.807, 2.05) is 24.3 Å². The quantitative estimate of drug-likeness (QED) is 0.645. The van der Waals surface area contributed by atoms with E-state index in [4.69, 9.17) is 4.74 Å². The van der Waals surface area contributed by atoms with Crippen molar-refractivity contribution in [1.82, 2.24) is 5.32 Å². The zero-order valence-corrected chi connectivity index (χ0v) is 11.3. The van der Waals surface area contributed by atoms with Crippen LogP contribution in [0, 0.1) is 0 Å². The molecule has 0 bridgehead atoms. The van der Waals surface area contributed by atoms with Crippen molar-refractivity contribution in [3.8, 4) is 5.75 Å². The SMILES string of the molecule is CC(C)(C)c1ccc(OC(=O)[C@@H]2CCCN2)cc1. The van der Waals surface area contributed by atoms with E-state index in [1.165, 1.54) is 5.56 Å². The fraction of sp³-hybridized carbons (Fsp3) is 0.533. The molecule has 1 aromatic carbocycles. The number of benzene rings is 1. The minimum absolute atomic E-state index is 0.121. The average molecular weight is 247 g/mol. The van der Waals surface area contributed by atoms with E-state index in [9.17, 15) is 4.79 Å². The molecule has 1 aliphatic heterocycles. The van der Waals surface area contributed by atoms with E-state index in [0.717, 1.165) is 19.4 Å². The first kappa shape index (κ1) is 13.1. The number of nitrogens with one attached hydrogen (secondary N) is 1. The summed E-state index contributed by atoms with van der Waals surface area (Å²) >= 11 is 0. The van der Waals surface area contributed by atoms with Gasteiger partial charge in [0.25, 0.3) is 0 Å². The molecular formula is C15H21NO2. The maximum absolute atomic E-state index is 11.8.